The summed E-state index contributed by atoms with van der Waals surface area (Å²) in [5.74, 6) is -0.137. The molecular weight excluding hydrogens is 414 g/mol. The number of methoxy groups -OCH3 is 1. The van der Waals surface area contributed by atoms with Crippen molar-refractivity contribution in [2.24, 2.45) is 0 Å². The predicted octanol–water partition coefficient (Wildman–Crippen LogP) is 3.84. The van der Waals surface area contributed by atoms with Crippen molar-refractivity contribution in [3.05, 3.63) is 71.4 Å². The Kier molecular flexibility index (Phi) is 5.45. The van der Waals surface area contributed by atoms with Gasteiger partial charge < -0.3 is 14.5 Å². The number of ether oxygens (including phenoxy) is 2. The first-order valence-corrected chi connectivity index (χ1v) is 12.1. The third-order valence-electron chi connectivity index (χ3n) is 7.87. The number of hydrogen-bond donors (Lipinski definition) is 1. The average Bonchev–Trinajstić information content (AvgIpc) is 3.27. The molecule has 3 aliphatic heterocycles. The highest BCUT2D eigenvalue weighted by atomic mass is 16.5. The molecule has 0 aliphatic carbocycles. The molecule has 1 aromatic heterocycles. The van der Waals surface area contributed by atoms with Gasteiger partial charge in [0.2, 0.25) is 0 Å². The molecule has 6 heteroatoms. The molecule has 172 valence electrons. The molecule has 3 aromatic rings. The first-order chi connectivity index (χ1) is 16.2. The second kappa shape index (κ2) is 8.60. The van der Waals surface area contributed by atoms with E-state index in [1.165, 1.54) is 29.3 Å². The minimum absolute atomic E-state index is 0.136. The first-order valence-electron chi connectivity index (χ1n) is 12.1. The third-order valence-corrected chi connectivity index (χ3v) is 7.87. The molecule has 2 aromatic carbocycles. The van der Waals surface area contributed by atoms with E-state index in [1.54, 1.807) is 0 Å². The Hall–Kier alpha value is -2.67. The van der Waals surface area contributed by atoms with Gasteiger partial charge in [-0.2, -0.15) is 0 Å². The van der Waals surface area contributed by atoms with Gasteiger partial charge >= 0.3 is 5.97 Å². The fourth-order valence-electron chi connectivity index (χ4n) is 6.36. The number of nitrogens with zero attached hydrogens (tertiary/aromatic N) is 2. The molecule has 0 bridgehead atoms. The van der Waals surface area contributed by atoms with Crippen LogP contribution in [0.5, 0.6) is 0 Å². The van der Waals surface area contributed by atoms with E-state index in [0.29, 0.717) is 12.5 Å². The zero-order valence-corrected chi connectivity index (χ0v) is 19.1. The number of rotatable bonds is 3. The van der Waals surface area contributed by atoms with Gasteiger partial charge in [-0.3, -0.25) is 14.6 Å². The van der Waals surface area contributed by atoms with Crippen molar-refractivity contribution in [3.8, 4) is 0 Å². The van der Waals surface area contributed by atoms with Crippen LogP contribution in [0.4, 0.5) is 0 Å². The van der Waals surface area contributed by atoms with Gasteiger partial charge in [-0.15, -0.1) is 0 Å². The summed E-state index contributed by atoms with van der Waals surface area (Å²) in [5.41, 5.74) is 4.97. The lowest BCUT2D eigenvalue weighted by atomic mass is 9.79. The monoisotopic (exact) mass is 445 g/mol. The van der Waals surface area contributed by atoms with Crippen LogP contribution < -0.4 is 0 Å². The Morgan fingerprint density at radius 2 is 1.73 bits per heavy atom. The Morgan fingerprint density at radius 3 is 2.52 bits per heavy atom. The van der Waals surface area contributed by atoms with Gasteiger partial charge in [0.05, 0.1) is 26.4 Å². The number of fused-ring (bicyclic) bond motifs is 5. The Bertz CT molecular complexity index is 1140. The maximum Gasteiger partial charge on any atom is 0.323 e. The van der Waals surface area contributed by atoms with Crippen LogP contribution in [-0.4, -0.2) is 66.2 Å². The van der Waals surface area contributed by atoms with E-state index >= 15 is 0 Å². The lowest BCUT2D eigenvalue weighted by molar-refractivity contribution is -0.153. The van der Waals surface area contributed by atoms with Crippen molar-refractivity contribution in [2.45, 2.75) is 43.4 Å². The molecular formula is C27H31N3O3. The lowest BCUT2D eigenvalue weighted by Gasteiger charge is -2.52. The number of aromatic amines is 1. The Balaban J connectivity index is 1.49. The first kappa shape index (κ1) is 20.9. The summed E-state index contributed by atoms with van der Waals surface area (Å²) >= 11 is 0. The van der Waals surface area contributed by atoms with Crippen LogP contribution in [-0.2, 0) is 20.7 Å². The molecule has 4 heterocycles. The molecule has 3 aliphatic rings. The van der Waals surface area contributed by atoms with Crippen LogP contribution >= 0.6 is 0 Å². The van der Waals surface area contributed by atoms with E-state index in [-0.39, 0.29) is 24.1 Å². The number of para-hydroxylation sites is 1. The van der Waals surface area contributed by atoms with Crippen molar-refractivity contribution in [2.75, 3.05) is 33.4 Å². The minimum atomic E-state index is -0.289. The number of aromatic nitrogens is 1. The zero-order chi connectivity index (χ0) is 22.4. The highest BCUT2D eigenvalue weighted by Gasteiger charge is 2.49. The average molecular weight is 446 g/mol. The zero-order valence-electron chi connectivity index (χ0n) is 19.1. The van der Waals surface area contributed by atoms with Crippen LogP contribution in [0.25, 0.3) is 10.9 Å². The molecule has 2 fully saturated rings. The number of morpholine rings is 1. The fraction of sp³-hybridized carbons (Fsp3) is 0.444. The second-order valence-electron chi connectivity index (χ2n) is 9.47. The SMILES string of the molecule is COC(=O)[C@@H]1Cc2c([nH]c3ccccc23)[C@H]2C[C@@H](N3CCOCC3)C[C@@H](c3ccccc3)N21. The number of carbonyl (C=O) groups is 1. The van der Waals surface area contributed by atoms with Crippen molar-refractivity contribution in [1.29, 1.82) is 0 Å². The molecule has 1 N–H and O–H groups in total. The molecule has 0 radical (unpaired) electrons. The van der Waals surface area contributed by atoms with E-state index < -0.39 is 0 Å². The van der Waals surface area contributed by atoms with Crippen molar-refractivity contribution in [1.82, 2.24) is 14.8 Å². The topological polar surface area (TPSA) is 57.8 Å². The van der Waals surface area contributed by atoms with Gasteiger partial charge in [-0.05, 0) is 30.0 Å². The highest BCUT2D eigenvalue weighted by molar-refractivity contribution is 5.87. The second-order valence-corrected chi connectivity index (χ2v) is 9.47. The van der Waals surface area contributed by atoms with Gasteiger partial charge in [-0.25, -0.2) is 0 Å². The smallest absolute Gasteiger partial charge is 0.323 e. The third kappa shape index (κ3) is 3.57. The van der Waals surface area contributed by atoms with Crippen molar-refractivity contribution in [3.63, 3.8) is 0 Å². The van der Waals surface area contributed by atoms with E-state index in [9.17, 15) is 4.79 Å². The molecule has 33 heavy (non-hydrogen) atoms. The molecule has 6 nitrogen and oxygen atoms in total. The Morgan fingerprint density at radius 1 is 1.00 bits per heavy atom. The summed E-state index contributed by atoms with van der Waals surface area (Å²) in [7, 11) is 1.51. The van der Waals surface area contributed by atoms with Crippen molar-refractivity contribution >= 4 is 16.9 Å². The maximum absolute atomic E-state index is 13.1. The number of H-pyrrole nitrogens is 1. The summed E-state index contributed by atoms with van der Waals surface area (Å²) in [4.78, 5) is 22.0. The van der Waals surface area contributed by atoms with Crippen molar-refractivity contribution < 1.29 is 14.3 Å². The van der Waals surface area contributed by atoms with E-state index in [1.807, 2.05) is 0 Å². The maximum atomic E-state index is 13.1. The number of benzene rings is 2. The molecule has 0 amide bonds. The van der Waals surface area contributed by atoms with Gasteiger partial charge in [0.1, 0.15) is 6.04 Å². The summed E-state index contributed by atoms with van der Waals surface area (Å²) < 4.78 is 11.0. The fourth-order valence-corrected chi connectivity index (χ4v) is 6.36. The molecule has 4 atom stereocenters. The van der Waals surface area contributed by atoms with Gasteiger partial charge in [0.15, 0.2) is 0 Å². The molecule has 0 spiro atoms. The predicted molar refractivity (Wildman–Crippen MR) is 127 cm³/mol. The van der Waals surface area contributed by atoms with Gasteiger partial charge in [0.25, 0.3) is 0 Å². The molecule has 2 saturated heterocycles. The largest absolute Gasteiger partial charge is 0.468 e. The van der Waals surface area contributed by atoms with Crippen LogP contribution in [0.15, 0.2) is 54.6 Å². The Labute approximate surface area is 194 Å². The number of piperidine rings is 1. The van der Waals surface area contributed by atoms with Crippen LogP contribution in [0.3, 0.4) is 0 Å². The van der Waals surface area contributed by atoms with Crippen LogP contribution in [0.2, 0.25) is 0 Å². The van der Waals surface area contributed by atoms with E-state index in [0.717, 1.165) is 44.7 Å². The summed E-state index contributed by atoms with van der Waals surface area (Å²) in [6.07, 6.45) is 2.67. The minimum Gasteiger partial charge on any atom is -0.468 e. The standard InChI is InChI=1S/C27H31N3O3/c1-32-27(31)25-17-21-20-9-5-6-10-22(20)28-26(21)24-16-19(29-11-13-33-14-12-29)15-23(30(24)25)18-7-3-2-4-8-18/h2-10,19,23-25,28H,11-17H2,1H3/t19-,23-,24+,25-/m0/s1. The summed E-state index contributed by atoms with van der Waals surface area (Å²) in [5, 5.41) is 1.23. The summed E-state index contributed by atoms with van der Waals surface area (Å²) in [6, 6.07) is 19.6. The lowest BCUT2D eigenvalue weighted by Crippen LogP contribution is -2.57. The van der Waals surface area contributed by atoms with Crippen LogP contribution in [0, 0.1) is 0 Å². The molecule has 6 rings (SSSR count). The number of nitrogens with one attached hydrogen (secondary N) is 1. The molecule has 0 saturated carbocycles. The highest BCUT2D eigenvalue weighted by Crippen LogP contribution is 2.49. The number of esters is 1. The molecule has 0 unspecified atom stereocenters. The number of hydrogen-bond acceptors (Lipinski definition) is 5. The summed E-state index contributed by atoms with van der Waals surface area (Å²) in [6.45, 7) is 3.53. The van der Waals surface area contributed by atoms with Gasteiger partial charge in [-0.1, -0.05) is 48.5 Å². The normalized spacial score (nSPS) is 28.3. The number of carbonyl (C=O) groups excluding carboxylic acids is 1. The van der Waals surface area contributed by atoms with Gasteiger partial charge in [0, 0.05) is 48.2 Å². The van der Waals surface area contributed by atoms with Crippen LogP contribution in [0.1, 0.15) is 41.7 Å². The quantitative estimate of drug-likeness (QED) is 0.621. The van der Waals surface area contributed by atoms with E-state index in [4.69, 9.17) is 9.47 Å². The van der Waals surface area contributed by atoms with E-state index in [2.05, 4.69) is 69.4 Å².